The molecule has 0 aliphatic rings. The van der Waals surface area contributed by atoms with Crippen LogP contribution in [0, 0.1) is 0 Å². The lowest BCUT2D eigenvalue weighted by atomic mass is 9.95. The number of thiophene rings is 1. The molecule has 1 nitrogen and oxygen atoms in total. The van der Waals surface area contributed by atoms with Gasteiger partial charge in [0.15, 0.2) is 0 Å². The molecular formula is C12H18OS. The van der Waals surface area contributed by atoms with Gasteiger partial charge in [-0.1, -0.05) is 27.4 Å². The third-order valence-corrected chi connectivity index (χ3v) is 3.67. The average Bonchev–Trinajstić information content (AvgIpc) is 2.49. The molecule has 1 aromatic heterocycles. The van der Waals surface area contributed by atoms with Gasteiger partial charge in [-0.3, -0.25) is 0 Å². The quantitative estimate of drug-likeness (QED) is 0.739. The molecule has 1 N–H and O–H groups in total. The summed E-state index contributed by atoms with van der Waals surface area (Å²) in [6.45, 7) is 12.1. The summed E-state index contributed by atoms with van der Waals surface area (Å²) in [7, 11) is 0. The van der Waals surface area contributed by atoms with E-state index in [0.717, 1.165) is 10.5 Å². The standard InChI is InChI=1S/C12H18OS/c1-8(2)11(13)9-6-7-10(14-9)12(3,4)5/h6-7,11,13H,1H2,2-5H3. The van der Waals surface area contributed by atoms with Crippen molar-refractivity contribution in [1.82, 2.24) is 0 Å². The molecule has 1 rings (SSSR count). The van der Waals surface area contributed by atoms with Crippen molar-refractivity contribution in [2.75, 3.05) is 0 Å². The predicted molar refractivity (Wildman–Crippen MR) is 62.8 cm³/mol. The van der Waals surface area contributed by atoms with E-state index in [4.69, 9.17) is 0 Å². The largest absolute Gasteiger partial charge is 0.383 e. The van der Waals surface area contributed by atoms with Gasteiger partial charge < -0.3 is 5.11 Å². The van der Waals surface area contributed by atoms with E-state index in [2.05, 4.69) is 33.4 Å². The van der Waals surface area contributed by atoms with E-state index in [1.807, 2.05) is 13.0 Å². The minimum absolute atomic E-state index is 0.164. The molecule has 1 atom stereocenters. The van der Waals surface area contributed by atoms with Gasteiger partial charge in [0, 0.05) is 9.75 Å². The normalized spacial score (nSPS) is 14.1. The Morgan fingerprint density at radius 3 is 2.36 bits per heavy atom. The molecule has 0 saturated carbocycles. The number of rotatable bonds is 2. The highest BCUT2D eigenvalue weighted by molar-refractivity contribution is 7.12. The van der Waals surface area contributed by atoms with Gasteiger partial charge in [0.2, 0.25) is 0 Å². The molecular weight excluding hydrogens is 192 g/mol. The van der Waals surface area contributed by atoms with Crippen LogP contribution in [0.1, 0.15) is 43.6 Å². The van der Waals surface area contributed by atoms with Crippen LogP contribution in [0.15, 0.2) is 24.3 Å². The molecule has 78 valence electrons. The molecule has 0 aromatic carbocycles. The summed E-state index contributed by atoms with van der Waals surface area (Å²) in [4.78, 5) is 2.29. The van der Waals surface area contributed by atoms with Crippen molar-refractivity contribution in [3.8, 4) is 0 Å². The minimum atomic E-state index is -0.504. The highest BCUT2D eigenvalue weighted by Gasteiger charge is 2.18. The Kier molecular flexibility index (Phi) is 3.17. The van der Waals surface area contributed by atoms with Crippen LogP contribution in [-0.4, -0.2) is 5.11 Å². The first-order valence-electron chi connectivity index (χ1n) is 4.76. The van der Waals surface area contributed by atoms with E-state index >= 15 is 0 Å². The Labute approximate surface area is 90.1 Å². The zero-order valence-corrected chi connectivity index (χ0v) is 10.1. The van der Waals surface area contributed by atoms with Crippen molar-refractivity contribution in [1.29, 1.82) is 0 Å². The Balaban J connectivity index is 2.94. The van der Waals surface area contributed by atoms with Gasteiger partial charge in [-0.25, -0.2) is 0 Å². The average molecular weight is 210 g/mol. The Morgan fingerprint density at radius 1 is 1.43 bits per heavy atom. The monoisotopic (exact) mass is 210 g/mol. The van der Waals surface area contributed by atoms with Gasteiger partial charge in [-0.15, -0.1) is 11.3 Å². The van der Waals surface area contributed by atoms with Crippen molar-refractivity contribution in [3.05, 3.63) is 34.0 Å². The van der Waals surface area contributed by atoms with Crippen LogP contribution in [0.3, 0.4) is 0 Å². The molecule has 0 fully saturated rings. The molecule has 1 heterocycles. The molecule has 2 heteroatoms. The maximum Gasteiger partial charge on any atom is 0.109 e. The number of hydrogen-bond acceptors (Lipinski definition) is 2. The number of hydrogen-bond donors (Lipinski definition) is 1. The first kappa shape index (κ1) is 11.5. The summed E-state index contributed by atoms with van der Waals surface area (Å²) in [5.41, 5.74) is 0.963. The van der Waals surface area contributed by atoms with E-state index in [0.29, 0.717) is 0 Å². The van der Waals surface area contributed by atoms with Crippen LogP contribution < -0.4 is 0 Å². The second-order valence-electron chi connectivity index (χ2n) is 4.70. The third kappa shape index (κ3) is 2.46. The van der Waals surface area contributed by atoms with Crippen molar-refractivity contribution in [2.45, 2.75) is 39.2 Å². The first-order valence-corrected chi connectivity index (χ1v) is 5.57. The summed E-state index contributed by atoms with van der Waals surface area (Å²) >= 11 is 1.67. The van der Waals surface area contributed by atoms with Crippen LogP contribution in [0.4, 0.5) is 0 Å². The van der Waals surface area contributed by atoms with E-state index in [9.17, 15) is 5.11 Å². The van der Waals surface area contributed by atoms with Gasteiger partial charge in [-0.05, 0) is 30.0 Å². The zero-order chi connectivity index (χ0) is 10.9. The summed E-state index contributed by atoms with van der Waals surface area (Å²) < 4.78 is 0. The summed E-state index contributed by atoms with van der Waals surface area (Å²) in [6, 6.07) is 4.08. The highest BCUT2D eigenvalue weighted by Crippen LogP contribution is 2.33. The molecule has 0 radical (unpaired) electrons. The highest BCUT2D eigenvalue weighted by atomic mass is 32.1. The Bertz CT molecular complexity index is 330. The molecule has 0 aliphatic carbocycles. The van der Waals surface area contributed by atoms with Crippen LogP contribution >= 0.6 is 11.3 Å². The summed E-state index contributed by atoms with van der Waals surface area (Å²) in [6.07, 6.45) is -0.504. The minimum Gasteiger partial charge on any atom is -0.383 e. The van der Waals surface area contributed by atoms with Crippen molar-refractivity contribution < 1.29 is 5.11 Å². The molecule has 1 aromatic rings. The maximum atomic E-state index is 9.79. The molecule has 14 heavy (non-hydrogen) atoms. The van der Waals surface area contributed by atoms with Gasteiger partial charge in [-0.2, -0.15) is 0 Å². The second kappa shape index (κ2) is 3.87. The maximum absolute atomic E-state index is 9.79. The smallest absolute Gasteiger partial charge is 0.109 e. The number of aliphatic hydroxyl groups excluding tert-OH is 1. The molecule has 1 unspecified atom stereocenters. The molecule has 0 saturated heterocycles. The van der Waals surface area contributed by atoms with E-state index < -0.39 is 6.10 Å². The Hall–Kier alpha value is -0.600. The van der Waals surface area contributed by atoms with Crippen molar-refractivity contribution in [3.63, 3.8) is 0 Å². The zero-order valence-electron chi connectivity index (χ0n) is 9.29. The van der Waals surface area contributed by atoms with Crippen molar-refractivity contribution in [2.24, 2.45) is 0 Å². The third-order valence-electron chi connectivity index (χ3n) is 2.10. The van der Waals surface area contributed by atoms with Crippen molar-refractivity contribution >= 4 is 11.3 Å². The SMILES string of the molecule is C=C(C)C(O)c1ccc(C(C)(C)C)s1. The molecule has 0 spiro atoms. The van der Waals surface area contributed by atoms with Gasteiger partial charge in [0.05, 0.1) is 0 Å². The topological polar surface area (TPSA) is 20.2 Å². The number of aliphatic hydroxyl groups is 1. The van der Waals surface area contributed by atoms with E-state index in [1.165, 1.54) is 4.88 Å². The summed E-state index contributed by atoms with van der Waals surface area (Å²) in [5, 5.41) is 9.79. The fourth-order valence-electron chi connectivity index (χ4n) is 1.15. The Morgan fingerprint density at radius 2 is 2.00 bits per heavy atom. The van der Waals surface area contributed by atoms with Crippen LogP contribution in [0.25, 0.3) is 0 Å². The lowest BCUT2D eigenvalue weighted by molar-refractivity contribution is 0.220. The van der Waals surface area contributed by atoms with Gasteiger partial charge >= 0.3 is 0 Å². The molecule has 0 amide bonds. The van der Waals surface area contributed by atoms with E-state index in [-0.39, 0.29) is 5.41 Å². The predicted octanol–water partition coefficient (Wildman–Crippen LogP) is 3.66. The summed E-state index contributed by atoms with van der Waals surface area (Å²) in [5.74, 6) is 0. The lowest BCUT2D eigenvalue weighted by Crippen LogP contribution is -2.07. The van der Waals surface area contributed by atoms with E-state index in [1.54, 1.807) is 11.3 Å². The van der Waals surface area contributed by atoms with Crippen LogP contribution in [-0.2, 0) is 5.41 Å². The second-order valence-corrected chi connectivity index (χ2v) is 5.82. The van der Waals surface area contributed by atoms with Crippen LogP contribution in [0.2, 0.25) is 0 Å². The van der Waals surface area contributed by atoms with Gasteiger partial charge in [0.1, 0.15) is 6.10 Å². The lowest BCUT2D eigenvalue weighted by Gasteiger charge is -2.15. The molecule has 0 bridgehead atoms. The van der Waals surface area contributed by atoms with Gasteiger partial charge in [0.25, 0.3) is 0 Å². The first-order chi connectivity index (χ1) is 6.32. The molecule has 0 aliphatic heterocycles. The fraction of sp³-hybridized carbons (Fsp3) is 0.500. The van der Waals surface area contributed by atoms with Crippen LogP contribution in [0.5, 0.6) is 0 Å². The fourth-order valence-corrected chi connectivity index (χ4v) is 2.29.